The van der Waals surface area contributed by atoms with Crippen molar-refractivity contribution in [2.45, 2.75) is 20.8 Å². The van der Waals surface area contributed by atoms with Gasteiger partial charge in [0, 0.05) is 26.7 Å². The highest BCUT2D eigenvalue weighted by atomic mass is 32.1. The standard InChI is InChI=1S/C28H27N5S/c1-7-10-11-19(8-2)18(6)14-20-22(9-3)32-33-27(20)28-30-23-16-29-15-21(26(23)31-28)25-13-12-24(34-25)17(4)5/h7-16,32H,1,4,6H2,2-3,5H3,(H,30,31)/b11-10-,19-8+,20-14+,22-9+. The van der Waals surface area contributed by atoms with E-state index in [0.29, 0.717) is 5.82 Å². The number of nitrogens with zero attached hydrogens (tertiary/aromatic N) is 3. The molecular formula is C28H27N5S. The number of nitrogens with one attached hydrogen (secondary N) is 2. The van der Waals surface area contributed by atoms with Gasteiger partial charge in [-0.3, -0.25) is 10.1 Å². The van der Waals surface area contributed by atoms with Gasteiger partial charge < -0.3 is 4.98 Å². The molecule has 6 heteroatoms. The lowest BCUT2D eigenvalue weighted by Gasteiger charge is -2.00. The molecule has 0 atom stereocenters. The number of hydrogen-bond donors (Lipinski definition) is 2. The summed E-state index contributed by atoms with van der Waals surface area (Å²) in [6.45, 7) is 18.0. The summed E-state index contributed by atoms with van der Waals surface area (Å²) in [6, 6.07) is 4.18. The highest BCUT2D eigenvalue weighted by Crippen LogP contribution is 2.34. The van der Waals surface area contributed by atoms with E-state index >= 15 is 0 Å². The number of aromatic amines is 2. The van der Waals surface area contributed by atoms with E-state index in [4.69, 9.17) is 4.98 Å². The zero-order valence-electron chi connectivity index (χ0n) is 19.6. The third-order valence-corrected chi connectivity index (χ3v) is 6.73. The zero-order valence-corrected chi connectivity index (χ0v) is 20.5. The fraction of sp³-hybridized carbons (Fsp3) is 0.107. The van der Waals surface area contributed by atoms with E-state index in [0.717, 1.165) is 59.3 Å². The van der Waals surface area contributed by atoms with Crippen molar-refractivity contribution in [2.24, 2.45) is 0 Å². The minimum Gasteiger partial charge on any atom is -0.335 e. The van der Waals surface area contributed by atoms with Crippen LogP contribution < -0.4 is 10.6 Å². The molecule has 0 aliphatic rings. The maximum absolute atomic E-state index is 4.94. The van der Waals surface area contributed by atoms with Gasteiger partial charge in [0.15, 0.2) is 5.82 Å². The Kier molecular flexibility index (Phi) is 6.70. The quantitative estimate of drug-likeness (QED) is 0.332. The molecule has 0 unspecified atom stereocenters. The summed E-state index contributed by atoms with van der Waals surface area (Å²) in [7, 11) is 0. The van der Waals surface area contributed by atoms with E-state index in [1.54, 1.807) is 23.6 Å². The van der Waals surface area contributed by atoms with Gasteiger partial charge in [-0.05, 0) is 55.7 Å². The highest BCUT2D eigenvalue weighted by molar-refractivity contribution is 7.16. The van der Waals surface area contributed by atoms with Crippen LogP contribution in [0.4, 0.5) is 0 Å². The first-order valence-corrected chi connectivity index (χ1v) is 11.8. The van der Waals surface area contributed by atoms with Crippen LogP contribution in [0.15, 0.2) is 79.7 Å². The molecule has 0 aliphatic carbocycles. The van der Waals surface area contributed by atoms with E-state index in [1.807, 2.05) is 57.3 Å². The van der Waals surface area contributed by atoms with E-state index in [2.05, 4.69) is 52.0 Å². The molecule has 170 valence electrons. The van der Waals surface area contributed by atoms with Gasteiger partial charge in [-0.25, -0.2) is 4.98 Å². The van der Waals surface area contributed by atoms with Crippen LogP contribution >= 0.6 is 11.3 Å². The summed E-state index contributed by atoms with van der Waals surface area (Å²) in [5, 5.41) is 9.53. The van der Waals surface area contributed by atoms with Crippen LogP contribution in [-0.4, -0.2) is 25.1 Å². The lowest BCUT2D eigenvalue weighted by molar-refractivity contribution is 1.05. The van der Waals surface area contributed by atoms with Crippen molar-refractivity contribution >= 4 is 40.1 Å². The smallest absolute Gasteiger partial charge is 0.159 e. The zero-order chi connectivity index (χ0) is 24.2. The van der Waals surface area contributed by atoms with Crippen LogP contribution in [0.5, 0.6) is 0 Å². The van der Waals surface area contributed by atoms with Gasteiger partial charge in [0.1, 0.15) is 11.2 Å². The van der Waals surface area contributed by atoms with Crippen molar-refractivity contribution in [1.29, 1.82) is 0 Å². The maximum Gasteiger partial charge on any atom is 0.159 e. The summed E-state index contributed by atoms with van der Waals surface area (Å²) in [5.74, 6) is 0.674. The molecule has 4 aromatic rings. The summed E-state index contributed by atoms with van der Waals surface area (Å²) >= 11 is 1.69. The molecule has 34 heavy (non-hydrogen) atoms. The minimum absolute atomic E-state index is 0.674. The molecule has 0 saturated carbocycles. The third kappa shape index (κ3) is 4.40. The summed E-state index contributed by atoms with van der Waals surface area (Å²) in [6.07, 6.45) is 15.3. The Hall–Kier alpha value is -4.03. The predicted octanol–water partition coefficient (Wildman–Crippen LogP) is 5.94. The number of fused-ring (bicyclic) bond motifs is 1. The SMILES string of the molecule is C=C/C=C\C(=C/C)C(=C)/C=c1/c(-c2nc3c(-c4ccc(C(=C)C)s4)cncc3[nH]2)n[nH]/c1=C/C. The molecule has 0 radical (unpaired) electrons. The highest BCUT2D eigenvalue weighted by Gasteiger charge is 2.15. The maximum atomic E-state index is 4.94. The Morgan fingerprint density at radius 3 is 2.65 bits per heavy atom. The average molecular weight is 466 g/mol. The molecule has 0 fully saturated rings. The van der Waals surface area contributed by atoms with E-state index in [-0.39, 0.29) is 0 Å². The third-order valence-electron chi connectivity index (χ3n) is 5.44. The molecule has 0 spiro atoms. The molecule has 0 amide bonds. The number of rotatable bonds is 7. The van der Waals surface area contributed by atoms with Gasteiger partial charge in [0.2, 0.25) is 0 Å². The average Bonchev–Trinajstić information content (AvgIpc) is 3.57. The second-order valence-electron chi connectivity index (χ2n) is 7.81. The summed E-state index contributed by atoms with van der Waals surface area (Å²) in [4.78, 5) is 15.0. The van der Waals surface area contributed by atoms with Gasteiger partial charge in [0.05, 0.1) is 17.1 Å². The van der Waals surface area contributed by atoms with E-state index in [1.165, 1.54) is 0 Å². The Morgan fingerprint density at radius 2 is 1.97 bits per heavy atom. The van der Waals surface area contributed by atoms with Crippen LogP contribution in [-0.2, 0) is 0 Å². The molecule has 0 saturated heterocycles. The Morgan fingerprint density at radius 1 is 1.15 bits per heavy atom. The lowest BCUT2D eigenvalue weighted by Crippen LogP contribution is -2.24. The van der Waals surface area contributed by atoms with Crippen molar-refractivity contribution in [1.82, 2.24) is 25.1 Å². The molecule has 0 bridgehead atoms. The molecule has 0 aromatic carbocycles. The Balaban J connectivity index is 1.86. The van der Waals surface area contributed by atoms with Gasteiger partial charge in [-0.2, -0.15) is 5.10 Å². The first kappa shape index (κ1) is 23.1. The van der Waals surface area contributed by atoms with E-state index < -0.39 is 0 Å². The van der Waals surface area contributed by atoms with Gasteiger partial charge >= 0.3 is 0 Å². The second kappa shape index (κ2) is 9.85. The number of allylic oxidation sites excluding steroid dienone is 7. The van der Waals surface area contributed by atoms with Gasteiger partial charge in [-0.1, -0.05) is 50.1 Å². The van der Waals surface area contributed by atoms with Crippen LogP contribution in [0.3, 0.4) is 0 Å². The van der Waals surface area contributed by atoms with Crippen molar-refractivity contribution in [2.75, 3.05) is 0 Å². The molecule has 5 nitrogen and oxygen atoms in total. The number of pyridine rings is 1. The Bertz CT molecular complexity index is 1590. The van der Waals surface area contributed by atoms with E-state index in [9.17, 15) is 0 Å². The van der Waals surface area contributed by atoms with Crippen molar-refractivity contribution in [3.63, 3.8) is 0 Å². The number of H-pyrrole nitrogens is 2. The summed E-state index contributed by atoms with van der Waals surface area (Å²) < 4.78 is 0. The first-order chi connectivity index (χ1) is 16.5. The fourth-order valence-corrected chi connectivity index (χ4v) is 4.61. The molecule has 4 heterocycles. The van der Waals surface area contributed by atoms with Gasteiger partial charge in [0.25, 0.3) is 0 Å². The molecule has 2 N–H and O–H groups in total. The van der Waals surface area contributed by atoms with Crippen LogP contribution in [0.25, 0.3) is 50.7 Å². The number of thiophene rings is 1. The predicted molar refractivity (Wildman–Crippen MR) is 146 cm³/mol. The second-order valence-corrected chi connectivity index (χ2v) is 8.89. The fourth-order valence-electron chi connectivity index (χ4n) is 3.67. The molecular weight excluding hydrogens is 438 g/mol. The van der Waals surface area contributed by atoms with Crippen LogP contribution in [0.1, 0.15) is 25.6 Å². The van der Waals surface area contributed by atoms with Crippen molar-refractivity contribution in [3.8, 4) is 22.0 Å². The normalized spacial score (nSPS) is 13.3. The number of imidazole rings is 1. The van der Waals surface area contributed by atoms with Crippen LogP contribution in [0.2, 0.25) is 0 Å². The molecule has 4 aromatic heterocycles. The van der Waals surface area contributed by atoms with Crippen molar-refractivity contribution < 1.29 is 0 Å². The lowest BCUT2D eigenvalue weighted by atomic mass is 10.1. The topological polar surface area (TPSA) is 70.2 Å². The number of aromatic nitrogens is 5. The molecule has 0 aliphatic heterocycles. The largest absolute Gasteiger partial charge is 0.335 e. The van der Waals surface area contributed by atoms with Crippen LogP contribution in [0, 0.1) is 0 Å². The molecule has 4 rings (SSSR count). The van der Waals surface area contributed by atoms with Crippen molar-refractivity contribution in [3.05, 3.63) is 95.2 Å². The number of hydrogen-bond acceptors (Lipinski definition) is 4. The Labute approximate surface area is 203 Å². The van der Waals surface area contributed by atoms with Gasteiger partial charge in [-0.15, -0.1) is 11.3 Å². The monoisotopic (exact) mass is 465 g/mol. The summed E-state index contributed by atoms with van der Waals surface area (Å²) in [5.41, 5.74) is 6.35. The minimum atomic E-state index is 0.674. The first-order valence-electron chi connectivity index (χ1n) is 10.9.